The minimum absolute atomic E-state index is 0.0441. The van der Waals surface area contributed by atoms with Crippen LogP contribution in [0.2, 0.25) is 5.02 Å². The molecule has 1 aromatic carbocycles. The fourth-order valence-corrected chi connectivity index (χ4v) is 3.50. The Balaban J connectivity index is 1.74. The predicted molar refractivity (Wildman–Crippen MR) is 105 cm³/mol. The molecule has 1 aromatic heterocycles. The van der Waals surface area contributed by atoms with Gasteiger partial charge in [0.1, 0.15) is 0 Å². The zero-order valence-electron chi connectivity index (χ0n) is 15.2. The van der Waals surface area contributed by atoms with Crippen molar-refractivity contribution in [2.75, 3.05) is 26.4 Å². The van der Waals surface area contributed by atoms with E-state index in [-0.39, 0.29) is 23.8 Å². The van der Waals surface area contributed by atoms with E-state index in [1.807, 2.05) is 30.3 Å². The number of halogens is 1. The molecule has 2 heterocycles. The van der Waals surface area contributed by atoms with Gasteiger partial charge in [0, 0.05) is 48.5 Å². The summed E-state index contributed by atoms with van der Waals surface area (Å²) >= 11 is 6.00. The second-order valence-electron chi connectivity index (χ2n) is 7.12. The summed E-state index contributed by atoms with van der Waals surface area (Å²) < 4.78 is 5.40. The van der Waals surface area contributed by atoms with Gasteiger partial charge in [0.25, 0.3) is 0 Å². The van der Waals surface area contributed by atoms with E-state index in [1.165, 1.54) is 0 Å². The molecule has 1 amide bonds. The number of amides is 1. The van der Waals surface area contributed by atoms with Crippen molar-refractivity contribution in [2.45, 2.75) is 25.2 Å². The topological polar surface area (TPSA) is 71.5 Å². The van der Waals surface area contributed by atoms with Crippen molar-refractivity contribution < 1.29 is 14.6 Å². The van der Waals surface area contributed by atoms with E-state index in [4.69, 9.17) is 16.3 Å². The molecular formula is C21H25ClN2O3. The molecule has 27 heavy (non-hydrogen) atoms. The number of carbonyl (C=O) groups excluding carboxylic acids is 1. The Kier molecular flexibility index (Phi) is 6.83. The Morgan fingerprint density at radius 2 is 1.96 bits per heavy atom. The third-order valence-electron chi connectivity index (χ3n) is 5.25. The number of aromatic nitrogens is 1. The number of aliphatic hydroxyl groups excluding tert-OH is 1. The van der Waals surface area contributed by atoms with Crippen molar-refractivity contribution in [1.82, 2.24) is 10.3 Å². The van der Waals surface area contributed by atoms with Crippen molar-refractivity contribution in [3.8, 4) is 0 Å². The number of benzene rings is 1. The van der Waals surface area contributed by atoms with Crippen LogP contribution < -0.4 is 5.32 Å². The van der Waals surface area contributed by atoms with E-state index in [0.29, 0.717) is 31.2 Å². The lowest BCUT2D eigenvalue weighted by molar-refractivity contribution is -0.123. The lowest BCUT2D eigenvalue weighted by Gasteiger charge is -2.36. The molecule has 0 saturated carbocycles. The first-order valence-corrected chi connectivity index (χ1v) is 9.61. The Hall–Kier alpha value is -1.95. The second-order valence-corrected chi connectivity index (χ2v) is 7.55. The van der Waals surface area contributed by atoms with Gasteiger partial charge in [-0.3, -0.25) is 9.78 Å². The van der Waals surface area contributed by atoms with Gasteiger partial charge in [0.05, 0.1) is 12.5 Å². The highest BCUT2D eigenvalue weighted by Gasteiger charge is 2.33. The normalized spacial score (nSPS) is 17.3. The van der Waals surface area contributed by atoms with Crippen molar-refractivity contribution in [3.05, 3.63) is 64.9 Å². The zero-order valence-corrected chi connectivity index (χ0v) is 16.0. The molecular weight excluding hydrogens is 364 g/mol. The summed E-state index contributed by atoms with van der Waals surface area (Å²) in [4.78, 5) is 17.4. The highest BCUT2D eigenvalue weighted by molar-refractivity contribution is 6.30. The van der Waals surface area contributed by atoms with Crippen molar-refractivity contribution >= 4 is 17.5 Å². The Bertz CT molecular complexity index is 731. The molecule has 1 aliphatic heterocycles. The number of nitrogens with zero attached hydrogens (tertiary/aromatic N) is 1. The van der Waals surface area contributed by atoms with Crippen molar-refractivity contribution in [3.63, 3.8) is 0 Å². The lowest BCUT2D eigenvalue weighted by atomic mass is 9.80. The molecule has 0 bridgehead atoms. The Labute approximate surface area is 164 Å². The molecule has 0 radical (unpaired) electrons. The summed E-state index contributed by atoms with van der Waals surface area (Å²) in [5, 5.41) is 13.5. The van der Waals surface area contributed by atoms with E-state index >= 15 is 0 Å². The zero-order chi connectivity index (χ0) is 19.1. The average molecular weight is 389 g/mol. The average Bonchev–Trinajstić information content (AvgIpc) is 2.72. The lowest BCUT2D eigenvalue weighted by Crippen LogP contribution is -2.45. The summed E-state index contributed by atoms with van der Waals surface area (Å²) in [7, 11) is 0. The Morgan fingerprint density at radius 1 is 1.22 bits per heavy atom. The number of rotatable bonds is 7. The van der Waals surface area contributed by atoms with Crippen LogP contribution in [0.25, 0.3) is 0 Å². The molecule has 0 spiro atoms. The molecule has 1 atom stereocenters. The largest absolute Gasteiger partial charge is 0.396 e. The first kappa shape index (κ1) is 19.8. The second kappa shape index (κ2) is 9.31. The summed E-state index contributed by atoms with van der Waals surface area (Å²) in [6.07, 6.45) is 3.73. The molecule has 1 saturated heterocycles. The third kappa shape index (κ3) is 5.28. The van der Waals surface area contributed by atoms with E-state index in [9.17, 15) is 9.90 Å². The van der Waals surface area contributed by atoms with Crippen LogP contribution in [-0.2, 0) is 16.0 Å². The minimum Gasteiger partial charge on any atom is -0.396 e. The Morgan fingerprint density at radius 3 is 2.59 bits per heavy atom. The molecule has 1 unspecified atom stereocenters. The van der Waals surface area contributed by atoms with Gasteiger partial charge < -0.3 is 15.2 Å². The summed E-state index contributed by atoms with van der Waals surface area (Å²) in [5.41, 5.74) is 1.45. The van der Waals surface area contributed by atoms with E-state index < -0.39 is 0 Å². The fourth-order valence-electron chi connectivity index (χ4n) is 3.38. The maximum atomic E-state index is 13.0. The smallest absolute Gasteiger partial charge is 0.227 e. The van der Waals surface area contributed by atoms with Crippen LogP contribution in [0.1, 0.15) is 30.0 Å². The number of ether oxygens (including phenoxy) is 1. The number of hydrogen-bond donors (Lipinski definition) is 2. The standard InChI is InChI=1S/C21H25ClN2O3/c22-17-6-4-16(5-7-17)19(13-18-3-1-2-10-23-18)20(26)24-14-21(15-25)8-11-27-12-9-21/h1-7,10,19,25H,8-9,11-15H2,(H,24,26). The number of hydrogen-bond acceptors (Lipinski definition) is 4. The number of carbonyl (C=O) groups is 1. The van der Waals surface area contributed by atoms with Crippen LogP contribution in [0, 0.1) is 5.41 Å². The van der Waals surface area contributed by atoms with E-state index in [1.54, 1.807) is 18.3 Å². The third-order valence-corrected chi connectivity index (χ3v) is 5.51. The van der Waals surface area contributed by atoms with Crippen molar-refractivity contribution in [2.24, 2.45) is 5.41 Å². The summed E-state index contributed by atoms with van der Waals surface area (Å²) in [6.45, 7) is 1.72. The maximum absolute atomic E-state index is 13.0. The molecule has 1 aliphatic rings. The highest BCUT2D eigenvalue weighted by Crippen LogP contribution is 2.30. The minimum atomic E-state index is -0.368. The summed E-state index contributed by atoms with van der Waals surface area (Å²) in [5.74, 6) is -0.435. The van der Waals surface area contributed by atoms with Gasteiger partial charge in [-0.25, -0.2) is 0 Å². The van der Waals surface area contributed by atoms with Crippen LogP contribution in [0.15, 0.2) is 48.7 Å². The molecule has 6 heteroatoms. The van der Waals surface area contributed by atoms with Gasteiger partial charge in [0.15, 0.2) is 0 Å². The maximum Gasteiger partial charge on any atom is 0.227 e. The monoisotopic (exact) mass is 388 g/mol. The molecule has 3 rings (SSSR count). The quantitative estimate of drug-likeness (QED) is 0.765. The van der Waals surface area contributed by atoms with Gasteiger partial charge in [0.2, 0.25) is 5.91 Å². The van der Waals surface area contributed by atoms with Gasteiger partial charge in [-0.1, -0.05) is 29.8 Å². The first-order chi connectivity index (χ1) is 13.1. The molecule has 1 fully saturated rings. The van der Waals surface area contributed by atoms with Crippen LogP contribution in [0.4, 0.5) is 0 Å². The molecule has 144 valence electrons. The highest BCUT2D eigenvalue weighted by atomic mass is 35.5. The van der Waals surface area contributed by atoms with E-state index in [0.717, 1.165) is 24.1 Å². The van der Waals surface area contributed by atoms with Crippen LogP contribution in [0.3, 0.4) is 0 Å². The number of aliphatic hydroxyl groups is 1. The van der Waals surface area contributed by atoms with Crippen LogP contribution in [-0.4, -0.2) is 42.4 Å². The summed E-state index contributed by atoms with van der Waals surface area (Å²) in [6, 6.07) is 13.0. The van der Waals surface area contributed by atoms with Gasteiger partial charge >= 0.3 is 0 Å². The first-order valence-electron chi connectivity index (χ1n) is 9.24. The van der Waals surface area contributed by atoms with Crippen LogP contribution in [0.5, 0.6) is 0 Å². The number of pyridine rings is 1. The van der Waals surface area contributed by atoms with E-state index in [2.05, 4.69) is 10.3 Å². The van der Waals surface area contributed by atoms with Crippen LogP contribution >= 0.6 is 11.6 Å². The SMILES string of the molecule is O=C(NCC1(CO)CCOCC1)C(Cc1ccccn1)c1ccc(Cl)cc1. The van der Waals surface area contributed by atoms with Gasteiger partial charge in [-0.2, -0.15) is 0 Å². The molecule has 2 aromatic rings. The van der Waals surface area contributed by atoms with Gasteiger partial charge in [-0.05, 0) is 42.7 Å². The number of nitrogens with one attached hydrogen (secondary N) is 1. The van der Waals surface area contributed by atoms with Gasteiger partial charge in [-0.15, -0.1) is 0 Å². The molecule has 0 aliphatic carbocycles. The predicted octanol–water partition coefficient (Wildman–Crippen LogP) is 2.97. The van der Waals surface area contributed by atoms with Crippen molar-refractivity contribution in [1.29, 1.82) is 0 Å². The fraction of sp³-hybridized carbons (Fsp3) is 0.429. The molecule has 2 N–H and O–H groups in total. The molecule has 5 nitrogen and oxygen atoms in total.